The molecule has 5 nitrogen and oxygen atoms in total. The Morgan fingerprint density at radius 3 is 3.07 bits per heavy atom. The lowest BCUT2D eigenvalue weighted by molar-refractivity contribution is 0.136. The second-order valence-corrected chi connectivity index (χ2v) is 4.02. The molecule has 82 valence electrons. The molecule has 0 bridgehead atoms. The zero-order chi connectivity index (χ0) is 10.8. The van der Waals surface area contributed by atoms with E-state index in [2.05, 4.69) is 14.9 Å². The normalized spacial score (nSPS) is 23.1. The van der Waals surface area contributed by atoms with Crippen molar-refractivity contribution < 1.29 is 5.11 Å². The molecule has 15 heavy (non-hydrogen) atoms. The van der Waals surface area contributed by atoms with Crippen LogP contribution in [0.1, 0.15) is 13.3 Å². The van der Waals surface area contributed by atoms with Crippen molar-refractivity contribution in [1.82, 2.24) is 9.97 Å². The standard InChI is InChI=1S/C10H16N4O/c1-7(15)8-3-5-14(6-8)10-12-4-2-9(11)13-10/h2,4,7-8,15H,3,5-6H2,1H3,(H2,11,12,13). The Balaban J connectivity index is 2.08. The average molecular weight is 208 g/mol. The van der Waals surface area contributed by atoms with Gasteiger partial charge in [0.25, 0.3) is 0 Å². The number of hydrogen-bond donors (Lipinski definition) is 2. The van der Waals surface area contributed by atoms with Crippen molar-refractivity contribution in [2.45, 2.75) is 19.4 Å². The maximum Gasteiger partial charge on any atom is 0.227 e. The van der Waals surface area contributed by atoms with Crippen molar-refractivity contribution >= 4 is 11.8 Å². The number of nitrogen functional groups attached to an aromatic ring is 1. The Kier molecular flexibility index (Phi) is 2.73. The van der Waals surface area contributed by atoms with Gasteiger partial charge in [0, 0.05) is 25.2 Å². The predicted octanol–water partition coefficient (Wildman–Crippen LogP) is 0.266. The molecular weight excluding hydrogens is 192 g/mol. The molecule has 1 aromatic rings. The molecule has 0 amide bonds. The molecule has 0 spiro atoms. The van der Waals surface area contributed by atoms with Crippen LogP contribution in [0.3, 0.4) is 0 Å². The molecule has 0 aromatic carbocycles. The largest absolute Gasteiger partial charge is 0.393 e. The van der Waals surface area contributed by atoms with Crippen LogP contribution in [0.15, 0.2) is 12.3 Å². The van der Waals surface area contributed by atoms with E-state index >= 15 is 0 Å². The van der Waals surface area contributed by atoms with Gasteiger partial charge in [-0.25, -0.2) is 4.98 Å². The second-order valence-electron chi connectivity index (χ2n) is 4.02. The molecular formula is C10H16N4O. The minimum Gasteiger partial charge on any atom is -0.393 e. The number of aliphatic hydroxyl groups is 1. The first kappa shape index (κ1) is 10.2. The zero-order valence-corrected chi connectivity index (χ0v) is 8.80. The summed E-state index contributed by atoms with van der Waals surface area (Å²) in [4.78, 5) is 10.4. The second kappa shape index (κ2) is 4.02. The van der Waals surface area contributed by atoms with Gasteiger partial charge in [-0.05, 0) is 19.4 Å². The number of nitrogens with zero attached hydrogens (tertiary/aromatic N) is 3. The molecule has 1 aliphatic heterocycles. The third-order valence-electron chi connectivity index (χ3n) is 2.85. The fraction of sp³-hybridized carbons (Fsp3) is 0.600. The molecule has 0 radical (unpaired) electrons. The fourth-order valence-corrected chi connectivity index (χ4v) is 1.88. The Morgan fingerprint density at radius 2 is 2.47 bits per heavy atom. The van der Waals surface area contributed by atoms with Gasteiger partial charge in [0.15, 0.2) is 0 Å². The van der Waals surface area contributed by atoms with Crippen molar-refractivity contribution in [3.8, 4) is 0 Å². The lowest BCUT2D eigenvalue weighted by atomic mass is 10.0. The van der Waals surface area contributed by atoms with Gasteiger partial charge in [-0.1, -0.05) is 0 Å². The summed E-state index contributed by atoms with van der Waals surface area (Å²) in [5.74, 6) is 1.47. The molecule has 0 aliphatic carbocycles. The summed E-state index contributed by atoms with van der Waals surface area (Å²) in [7, 11) is 0. The maximum atomic E-state index is 9.48. The average Bonchev–Trinajstić information content (AvgIpc) is 2.66. The number of hydrogen-bond acceptors (Lipinski definition) is 5. The van der Waals surface area contributed by atoms with E-state index < -0.39 is 0 Å². The number of rotatable bonds is 2. The van der Waals surface area contributed by atoms with E-state index in [1.165, 1.54) is 0 Å². The first-order valence-corrected chi connectivity index (χ1v) is 5.18. The molecule has 1 aromatic heterocycles. The highest BCUT2D eigenvalue weighted by molar-refractivity contribution is 5.38. The summed E-state index contributed by atoms with van der Waals surface area (Å²) in [5.41, 5.74) is 5.59. The predicted molar refractivity (Wildman–Crippen MR) is 58.4 cm³/mol. The van der Waals surface area contributed by atoms with Gasteiger partial charge in [0.1, 0.15) is 5.82 Å². The SMILES string of the molecule is CC(O)C1CCN(c2nccc(N)n2)C1. The van der Waals surface area contributed by atoms with Gasteiger partial charge >= 0.3 is 0 Å². The van der Waals surface area contributed by atoms with Gasteiger partial charge in [-0.2, -0.15) is 4.98 Å². The van der Waals surface area contributed by atoms with Crippen molar-refractivity contribution in [2.75, 3.05) is 23.7 Å². The Hall–Kier alpha value is -1.36. The summed E-state index contributed by atoms with van der Waals surface area (Å²) in [6, 6.07) is 1.67. The van der Waals surface area contributed by atoms with Crippen LogP contribution in [0.4, 0.5) is 11.8 Å². The number of nitrogens with two attached hydrogens (primary N) is 1. The van der Waals surface area contributed by atoms with E-state index in [1.807, 2.05) is 6.92 Å². The van der Waals surface area contributed by atoms with E-state index in [9.17, 15) is 5.11 Å². The maximum absolute atomic E-state index is 9.48. The van der Waals surface area contributed by atoms with Crippen LogP contribution in [0, 0.1) is 5.92 Å². The summed E-state index contributed by atoms with van der Waals surface area (Å²) in [5, 5.41) is 9.48. The fourth-order valence-electron chi connectivity index (χ4n) is 1.88. The Bertz CT molecular complexity index is 342. The van der Waals surface area contributed by atoms with Crippen molar-refractivity contribution in [2.24, 2.45) is 5.92 Å². The van der Waals surface area contributed by atoms with Crippen LogP contribution in [-0.2, 0) is 0 Å². The third kappa shape index (κ3) is 2.18. The first-order chi connectivity index (χ1) is 7.16. The zero-order valence-electron chi connectivity index (χ0n) is 8.80. The number of anilines is 2. The van der Waals surface area contributed by atoms with Gasteiger partial charge in [-0.15, -0.1) is 0 Å². The Labute approximate surface area is 88.9 Å². The van der Waals surface area contributed by atoms with E-state index in [0.29, 0.717) is 17.7 Å². The third-order valence-corrected chi connectivity index (χ3v) is 2.85. The number of aliphatic hydroxyl groups excluding tert-OH is 1. The van der Waals surface area contributed by atoms with Gasteiger partial charge in [0.2, 0.25) is 5.95 Å². The lowest BCUT2D eigenvalue weighted by Crippen LogP contribution is -2.25. The molecule has 1 fully saturated rings. The highest BCUT2D eigenvalue weighted by Gasteiger charge is 2.27. The van der Waals surface area contributed by atoms with Crippen molar-refractivity contribution in [1.29, 1.82) is 0 Å². The van der Waals surface area contributed by atoms with Crippen molar-refractivity contribution in [3.63, 3.8) is 0 Å². The Morgan fingerprint density at radius 1 is 1.67 bits per heavy atom. The molecule has 0 saturated carbocycles. The van der Waals surface area contributed by atoms with Crippen LogP contribution in [0.25, 0.3) is 0 Å². The summed E-state index contributed by atoms with van der Waals surface area (Å²) in [6.45, 7) is 3.52. The van der Waals surface area contributed by atoms with E-state index in [-0.39, 0.29) is 6.10 Å². The highest BCUT2D eigenvalue weighted by atomic mass is 16.3. The van der Waals surface area contributed by atoms with E-state index in [4.69, 9.17) is 5.73 Å². The van der Waals surface area contributed by atoms with Gasteiger partial charge < -0.3 is 15.7 Å². The minimum atomic E-state index is -0.268. The van der Waals surface area contributed by atoms with E-state index in [0.717, 1.165) is 19.5 Å². The molecule has 5 heteroatoms. The minimum absolute atomic E-state index is 0.268. The molecule has 2 heterocycles. The van der Waals surface area contributed by atoms with E-state index in [1.54, 1.807) is 12.3 Å². The topological polar surface area (TPSA) is 75.3 Å². The quantitative estimate of drug-likeness (QED) is 0.729. The monoisotopic (exact) mass is 208 g/mol. The van der Waals surface area contributed by atoms with Gasteiger partial charge in [-0.3, -0.25) is 0 Å². The van der Waals surface area contributed by atoms with Crippen LogP contribution >= 0.6 is 0 Å². The lowest BCUT2D eigenvalue weighted by Gasteiger charge is -2.17. The summed E-state index contributed by atoms with van der Waals surface area (Å²) in [6.07, 6.45) is 2.37. The van der Waals surface area contributed by atoms with Crippen LogP contribution in [0.2, 0.25) is 0 Å². The smallest absolute Gasteiger partial charge is 0.227 e. The highest BCUT2D eigenvalue weighted by Crippen LogP contribution is 2.23. The summed E-state index contributed by atoms with van der Waals surface area (Å²) >= 11 is 0. The molecule has 2 unspecified atom stereocenters. The van der Waals surface area contributed by atoms with Gasteiger partial charge in [0.05, 0.1) is 6.10 Å². The molecule has 2 atom stereocenters. The first-order valence-electron chi connectivity index (χ1n) is 5.18. The van der Waals surface area contributed by atoms with Crippen molar-refractivity contribution in [3.05, 3.63) is 12.3 Å². The molecule has 3 N–H and O–H groups in total. The van der Waals surface area contributed by atoms with Crippen LogP contribution in [0.5, 0.6) is 0 Å². The van der Waals surface area contributed by atoms with Crippen LogP contribution in [-0.4, -0.2) is 34.3 Å². The molecule has 1 saturated heterocycles. The molecule has 2 rings (SSSR count). The van der Waals surface area contributed by atoms with Crippen LogP contribution < -0.4 is 10.6 Å². The number of aromatic nitrogens is 2. The molecule has 1 aliphatic rings. The summed E-state index contributed by atoms with van der Waals surface area (Å²) < 4.78 is 0.